The van der Waals surface area contributed by atoms with Crippen molar-refractivity contribution >= 4 is 5.97 Å². The summed E-state index contributed by atoms with van der Waals surface area (Å²) in [5, 5.41) is 26.7. The van der Waals surface area contributed by atoms with Crippen LogP contribution in [0.4, 0.5) is 0 Å². The van der Waals surface area contributed by atoms with Crippen molar-refractivity contribution in [3.63, 3.8) is 0 Å². The second kappa shape index (κ2) is 3.97. The van der Waals surface area contributed by atoms with E-state index in [2.05, 4.69) is 4.98 Å². The van der Waals surface area contributed by atoms with E-state index in [9.17, 15) is 9.90 Å². The molecule has 0 amide bonds. The maximum absolute atomic E-state index is 10.3. The number of hydrogen-bond donors (Lipinski definition) is 3. The van der Waals surface area contributed by atoms with Crippen molar-refractivity contribution in [1.29, 1.82) is 0 Å². The molecule has 0 bridgehead atoms. The fraction of sp³-hybridized carbons (Fsp3) is 0.250. The fourth-order valence-corrected chi connectivity index (χ4v) is 0.878. The summed E-state index contributed by atoms with van der Waals surface area (Å²) in [6, 6.07) is 2.88. The standard InChI is InChI=1S/C8H9NO4/c10-6(7(11)8(12)13)5-1-3-9-4-2-5/h1-4,6-7,10-11H,(H,12,13). The molecule has 1 aromatic rings. The van der Waals surface area contributed by atoms with E-state index in [1.54, 1.807) is 0 Å². The molecule has 1 heterocycles. The highest BCUT2D eigenvalue weighted by Crippen LogP contribution is 2.15. The maximum atomic E-state index is 10.3. The fourth-order valence-electron chi connectivity index (χ4n) is 0.878. The minimum absolute atomic E-state index is 0.324. The smallest absolute Gasteiger partial charge is 0.335 e. The van der Waals surface area contributed by atoms with Crippen molar-refractivity contribution in [2.24, 2.45) is 0 Å². The third-order valence-corrected chi connectivity index (χ3v) is 1.60. The Bertz CT molecular complexity index is 287. The van der Waals surface area contributed by atoms with Crippen molar-refractivity contribution in [3.8, 4) is 0 Å². The Morgan fingerprint density at radius 1 is 1.31 bits per heavy atom. The van der Waals surface area contributed by atoms with Crippen molar-refractivity contribution in [2.45, 2.75) is 12.2 Å². The molecule has 0 aromatic carbocycles. The summed E-state index contributed by atoms with van der Waals surface area (Å²) in [4.78, 5) is 14.0. The first-order valence-electron chi connectivity index (χ1n) is 3.62. The lowest BCUT2D eigenvalue weighted by Crippen LogP contribution is -2.27. The Kier molecular flexibility index (Phi) is 2.94. The number of carbonyl (C=O) groups is 1. The summed E-state index contributed by atoms with van der Waals surface area (Å²) in [5.41, 5.74) is 0.324. The molecule has 2 atom stereocenters. The Balaban J connectivity index is 2.79. The molecule has 0 fully saturated rings. The summed E-state index contributed by atoms with van der Waals surface area (Å²) in [7, 11) is 0. The summed E-state index contributed by atoms with van der Waals surface area (Å²) in [6.45, 7) is 0. The largest absolute Gasteiger partial charge is 0.479 e. The number of rotatable bonds is 3. The van der Waals surface area contributed by atoms with Crippen LogP contribution in [0.25, 0.3) is 0 Å². The van der Waals surface area contributed by atoms with E-state index in [0.717, 1.165) is 0 Å². The number of carboxylic acid groups (broad SMARTS) is 1. The molecule has 1 rings (SSSR count). The molecular formula is C8H9NO4. The van der Waals surface area contributed by atoms with Gasteiger partial charge < -0.3 is 15.3 Å². The summed E-state index contributed by atoms with van der Waals surface area (Å²) >= 11 is 0. The Morgan fingerprint density at radius 3 is 2.31 bits per heavy atom. The first-order chi connectivity index (χ1) is 6.13. The zero-order valence-corrected chi connectivity index (χ0v) is 6.66. The first kappa shape index (κ1) is 9.63. The van der Waals surface area contributed by atoms with E-state index in [-0.39, 0.29) is 0 Å². The van der Waals surface area contributed by atoms with Gasteiger partial charge in [-0.1, -0.05) is 0 Å². The lowest BCUT2D eigenvalue weighted by atomic mass is 10.1. The molecule has 0 aliphatic carbocycles. The van der Waals surface area contributed by atoms with E-state index in [4.69, 9.17) is 10.2 Å². The van der Waals surface area contributed by atoms with Crippen LogP contribution in [0.5, 0.6) is 0 Å². The molecule has 0 spiro atoms. The van der Waals surface area contributed by atoms with Gasteiger partial charge >= 0.3 is 5.97 Å². The quantitative estimate of drug-likeness (QED) is 0.591. The van der Waals surface area contributed by atoms with Gasteiger partial charge in [-0.15, -0.1) is 0 Å². The summed E-state index contributed by atoms with van der Waals surface area (Å²) in [5.74, 6) is -1.45. The third-order valence-electron chi connectivity index (χ3n) is 1.60. The topological polar surface area (TPSA) is 90.7 Å². The van der Waals surface area contributed by atoms with Crippen molar-refractivity contribution in [1.82, 2.24) is 4.98 Å². The number of nitrogens with zero attached hydrogens (tertiary/aromatic N) is 1. The van der Waals surface area contributed by atoms with E-state index >= 15 is 0 Å². The second-order valence-corrected chi connectivity index (χ2v) is 2.51. The van der Waals surface area contributed by atoms with Crippen LogP contribution in [0, 0.1) is 0 Å². The summed E-state index contributed by atoms with van der Waals surface area (Å²) in [6.07, 6.45) is -0.400. The van der Waals surface area contributed by atoms with E-state index in [0.29, 0.717) is 5.56 Å². The number of aliphatic hydroxyl groups is 2. The monoisotopic (exact) mass is 183 g/mol. The van der Waals surface area contributed by atoms with Gasteiger partial charge in [-0.3, -0.25) is 4.98 Å². The highest BCUT2D eigenvalue weighted by atomic mass is 16.4. The van der Waals surface area contributed by atoms with Gasteiger partial charge in [0.25, 0.3) is 0 Å². The van der Waals surface area contributed by atoms with Gasteiger partial charge in [-0.05, 0) is 17.7 Å². The predicted molar refractivity (Wildman–Crippen MR) is 42.8 cm³/mol. The number of aromatic nitrogens is 1. The zero-order chi connectivity index (χ0) is 9.84. The molecule has 70 valence electrons. The van der Waals surface area contributed by atoms with Crippen molar-refractivity contribution < 1.29 is 20.1 Å². The van der Waals surface area contributed by atoms with Gasteiger partial charge in [0, 0.05) is 12.4 Å². The van der Waals surface area contributed by atoms with Crippen LogP contribution >= 0.6 is 0 Å². The number of hydrogen-bond acceptors (Lipinski definition) is 4. The maximum Gasteiger partial charge on any atom is 0.335 e. The molecular weight excluding hydrogens is 174 g/mol. The van der Waals surface area contributed by atoms with Crippen molar-refractivity contribution in [2.75, 3.05) is 0 Å². The molecule has 0 radical (unpaired) electrons. The van der Waals surface area contributed by atoms with Gasteiger partial charge in [-0.25, -0.2) is 4.79 Å². The lowest BCUT2D eigenvalue weighted by Gasteiger charge is -2.13. The number of pyridine rings is 1. The molecule has 13 heavy (non-hydrogen) atoms. The molecule has 3 N–H and O–H groups in total. The molecule has 0 saturated heterocycles. The first-order valence-corrected chi connectivity index (χ1v) is 3.62. The predicted octanol–water partition coefficient (Wildman–Crippen LogP) is -0.440. The van der Waals surface area contributed by atoms with Gasteiger partial charge in [0.15, 0.2) is 6.10 Å². The minimum Gasteiger partial charge on any atom is -0.479 e. The van der Waals surface area contributed by atoms with E-state index in [1.165, 1.54) is 24.5 Å². The Morgan fingerprint density at radius 2 is 1.85 bits per heavy atom. The normalized spacial score (nSPS) is 14.9. The second-order valence-electron chi connectivity index (χ2n) is 2.51. The van der Waals surface area contributed by atoms with Gasteiger partial charge in [0.05, 0.1) is 0 Å². The number of aliphatic carboxylic acids is 1. The van der Waals surface area contributed by atoms with Crippen LogP contribution in [-0.2, 0) is 4.79 Å². The summed E-state index contributed by atoms with van der Waals surface area (Å²) < 4.78 is 0. The molecule has 0 saturated carbocycles. The van der Waals surface area contributed by atoms with Crippen LogP contribution in [0.15, 0.2) is 24.5 Å². The van der Waals surface area contributed by atoms with Crippen LogP contribution < -0.4 is 0 Å². The molecule has 5 nitrogen and oxygen atoms in total. The highest BCUT2D eigenvalue weighted by molar-refractivity contribution is 5.73. The lowest BCUT2D eigenvalue weighted by molar-refractivity contribution is -0.153. The average Bonchev–Trinajstić information content (AvgIpc) is 2.17. The average molecular weight is 183 g/mol. The van der Waals surface area contributed by atoms with Gasteiger partial charge in [0.1, 0.15) is 6.10 Å². The highest BCUT2D eigenvalue weighted by Gasteiger charge is 2.24. The Hall–Kier alpha value is -1.46. The minimum atomic E-state index is -1.80. The van der Waals surface area contributed by atoms with Gasteiger partial charge in [-0.2, -0.15) is 0 Å². The molecule has 0 aliphatic heterocycles. The van der Waals surface area contributed by atoms with Crippen LogP contribution in [0.1, 0.15) is 11.7 Å². The van der Waals surface area contributed by atoms with Crippen molar-refractivity contribution in [3.05, 3.63) is 30.1 Å². The van der Waals surface area contributed by atoms with Crippen LogP contribution in [0.3, 0.4) is 0 Å². The van der Waals surface area contributed by atoms with Crippen LogP contribution in [-0.4, -0.2) is 32.4 Å². The SMILES string of the molecule is O=C(O)C(O)C(O)c1ccncc1. The molecule has 1 aromatic heterocycles. The zero-order valence-electron chi connectivity index (χ0n) is 6.66. The van der Waals surface area contributed by atoms with E-state index in [1.807, 2.05) is 0 Å². The Labute approximate surface area is 74.3 Å². The number of carboxylic acids is 1. The van der Waals surface area contributed by atoms with Crippen LogP contribution in [0.2, 0.25) is 0 Å². The van der Waals surface area contributed by atoms with Gasteiger partial charge in [0.2, 0.25) is 0 Å². The molecule has 0 aliphatic rings. The molecule has 5 heteroatoms. The third kappa shape index (κ3) is 2.24. The van der Waals surface area contributed by atoms with E-state index < -0.39 is 18.2 Å². The number of aliphatic hydroxyl groups excluding tert-OH is 2. The molecule has 2 unspecified atom stereocenters.